The third kappa shape index (κ3) is 4.38. The van der Waals surface area contributed by atoms with Gasteiger partial charge in [0.15, 0.2) is 0 Å². The summed E-state index contributed by atoms with van der Waals surface area (Å²) in [4.78, 5) is 22.2. The molecule has 5 nitrogen and oxygen atoms in total. The molecule has 0 fully saturated rings. The number of carbonyl (C=O) groups is 2. The normalized spacial score (nSPS) is 11.4. The topological polar surface area (TPSA) is 70.6 Å². The average molecular weight is 287 g/mol. The maximum absolute atomic E-state index is 12.6. The molecule has 1 aromatic rings. The van der Waals surface area contributed by atoms with Crippen LogP contribution in [0.15, 0.2) is 29.4 Å². The van der Waals surface area contributed by atoms with Crippen LogP contribution >= 0.6 is 0 Å². The summed E-state index contributed by atoms with van der Waals surface area (Å²) in [6.07, 6.45) is -3.69. The summed E-state index contributed by atoms with van der Waals surface area (Å²) < 4.78 is 37.9. The fourth-order valence-corrected chi connectivity index (χ4v) is 1.32. The van der Waals surface area contributed by atoms with Crippen molar-refractivity contribution in [2.45, 2.75) is 13.1 Å². The van der Waals surface area contributed by atoms with Gasteiger partial charge in [0.05, 0.1) is 11.8 Å². The van der Waals surface area contributed by atoms with E-state index < -0.39 is 23.6 Å². The fourth-order valence-electron chi connectivity index (χ4n) is 1.32. The Morgan fingerprint density at radius 3 is 2.50 bits per heavy atom. The van der Waals surface area contributed by atoms with E-state index in [1.165, 1.54) is 18.2 Å². The van der Waals surface area contributed by atoms with Gasteiger partial charge in [-0.25, -0.2) is 5.43 Å². The van der Waals surface area contributed by atoms with Gasteiger partial charge in [-0.2, -0.15) is 18.3 Å². The first kappa shape index (κ1) is 15.7. The number of amides is 2. The van der Waals surface area contributed by atoms with E-state index in [4.69, 9.17) is 0 Å². The summed E-state index contributed by atoms with van der Waals surface area (Å²) in [7, 11) is 0. The highest BCUT2D eigenvalue weighted by Crippen LogP contribution is 2.30. The van der Waals surface area contributed by atoms with Crippen LogP contribution in [0.1, 0.15) is 18.1 Å². The molecule has 8 heteroatoms. The number of hydrogen-bond acceptors (Lipinski definition) is 3. The van der Waals surface area contributed by atoms with Crippen LogP contribution in [0.4, 0.5) is 13.2 Å². The molecule has 108 valence electrons. The number of carbonyl (C=O) groups excluding carboxylic acids is 2. The van der Waals surface area contributed by atoms with E-state index in [1.807, 2.05) is 5.43 Å². The first-order chi connectivity index (χ1) is 9.36. The molecule has 0 atom stereocenters. The number of benzene rings is 1. The van der Waals surface area contributed by atoms with Gasteiger partial charge >= 0.3 is 18.0 Å². The van der Waals surface area contributed by atoms with Gasteiger partial charge in [0.1, 0.15) is 0 Å². The van der Waals surface area contributed by atoms with E-state index in [0.717, 1.165) is 12.3 Å². The number of nitrogens with one attached hydrogen (secondary N) is 2. The molecule has 0 aliphatic rings. The van der Waals surface area contributed by atoms with Crippen LogP contribution in [0.5, 0.6) is 0 Å². The smallest absolute Gasteiger partial charge is 0.348 e. The molecule has 0 unspecified atom stereocenters. The summed E-state index contributed by atoms with van der Waals surface area (Å²) in [6.45, 7) is 1.88. The van der Waals surface area contributed by atoms with E-state index in [2.05, 4.69) is 10.4 Å². The van der Waals surface area contributed by atoms with Gasteiger partial charge in [0.2, 0.25) is 0 Å². The lowest BCUT2D eigenvalue weighted by atomic mass is 10.1. The minimum Gasteiger partial charge on any atom is -0.348 e. The van der Waals surface area contributed by atoms with Crippen molar-refractivity contribution in [3.05, 3.63) is 35.4 Å². The quantitative estimate of drug-likeness (QED) is 0.499. The lowest BCUT2D eigenvalue weighted by Gasteiger charge is -2.09. The molecule has 0 bridgehead atoms. The van der Waals surface area contributed by atoms with Crippen LogP contribution in [0.2, 0.25) is 0 Å². The van der Waals surface area contributed by atoms with Crippen molar-refractivity contribution in [2.24, 2.45) is 5.10 Å². The van der Waals surface area contributed by atoms with Gasteiger partial charge in [-0.1, -0.05) is 18.2 Å². The van der Waals surface area contributed by atoms with Gasteiger partial charge in [-0.15, -0.1) is 0 Å². The van der Waals surface area contributed by atoms with Crippen molar-refractivity contribution < 1.29 is 22.8 Å². The number of alkyl halides is 3. The van der Waals surface area contributed by atoms with Gasteiger partial charge in [-0.3, -0.25) is 9.59 Å². The van der Waals surface area contributed by atoms with Crippen LogP contribution in [-0.4, -0.2) is 24.6 Å². The summed E-state index contributed by atoms with van der Waals surface area (Å²) in [6, 6.07) is 4.74. The molecular weight excluding hydrogens is 275 g/mol. The average Bonchev–Trinajstić information content (AvgIpc) is 2.38. The Bertz CT molecular complexity index is 527. The molecule has 2 amide bonds. The van der Waals surface area contributed by atoms with Crippen molar-refractivity contribution in [3.8, 4) is 0 Å². The van der Waals surface area contributed by atoms with Crippen molar-refractivity contribution in [2.75, 3.05) is 6.54 Å². The Morgan fingerprint density at radius 1 is 1.25 bits per heavy atom. The SMILES string of the molecule is CCNC(=O)C(=O)NN=Cc1ccccc1C(F)(F)F. The zero-order chi connectivity index (χ0) is 15.2. The largest absolute Gasteiger partial charge is 0.417 e. The predicted octanol–water partition coefficient (Wildman–Crippen LogP) is 1.29. The molecule has 20 heavy (non-hydrogen) atoms. The second kappa shape index (κ2) is 6.69. The van der Waals surface area contributed by atoms with Crippen LogP contribution in [-0.2, 0) is 15.8 Å². The molecule has 0 spiro atoms. The summed E-state index contributed by atoms with van der Waals surface area (Å²) in [5.41, 5.74) is 0.755. The molecular formula is C12H12F3N3O2. The van der Waals surface area contributed by atoms with Crippen molar-refractivity contribution >= 4 is 18.0 Å². The zero-order valence-corrected chi connectivity index (χ0v) is 10.5. The molecule has 1 aromatic carbocycles. The van der Waals surface area contributed by atoms with Gasteiger partial charge < -0.3 is 5.32 Å². The Morgan fingerprint density at radius 2 is 1.90 bits per heavy atom. The predicted molar refractivity (Wildman–Crippen MR) is 65.9 cm³/mol. The Hall–Kier alpha value is -2.38. The van der Waals surface area contributed by atoms with Crippen molar-refractivity contribution in [1.82, 2.24) is 10.7 Å². The van der Waals surface area contributed by atoms with Crippen LogP contribution in [0, 0.1) is 0 Å². The number of nitrogens with zero attached hydrogens (tertiary/aromatic N) is 1. The molecule has 0 heterocycles. The first-order valence-electron chi connectivity index (χ1n) is 5.63. The van der Waals surface area contributed by atoms with E-state index >= 15 is 0 Å². The molecule has 1 rings (SSSR count). The van der Waals surface area contributed by atoms with E-state index in [1.54, 1.807) is 6.92 Å². The van der Waals surface area contributed by atoms with Crippen molar-refractivity contribution in [3.63, 3.8) is 0 Å². The molecule has 0 aromatic heterocycles. The highest BCUT2D eigenvalue weighted by Gasteiger charge is 2.32. The highest BCUT2D eigenvalue weighted by molar-refractivity contribution is 6.35. The van der Waals surface area contributed by atoms with E-state index in [-0.39, 0.29) is 12.1 Å². The number of rotatable bonds is 3. The zero-order valence-electron chi connectivity index (χ0n) is 10.5. The third-order valence-corrected chi connectivity index (χ3v) is 2.18. The van der Waals surface area contributed by atoms with Gasteiger partial charge in [0.25, 0.3) is 0 Å². The second-order valence-electron chi connectivity index (χ2n) is 3.64. The summed E-state index contributed by atoms with van der Waals surface area (Å²) in [5, 5.41) is 5.56. The molecule has 2 N–H and O–H groups in total. The van der Waals surface area contributed by atoms with Gasteiger partial charge in [0, 0.05) is 12.1 Å². The van der Waals surface area contributed by atoms with E-state index in [0.29, 0.717) is 0 Å². The Labute approximate surface area is 112 Å². The molecule has 0 radical (unpaired) electrons. The number of halogens is 3. The molecule has 0 saturated carbocycles. The monoisotopic (exact) mass is 287 g/mol. The maximum atomic E-state index is 12.6. The van der Waals surface area contributed by atoms with Crippen molar-refractivity contribution in [1.29, 1.82) is 0 Å². The lowest BCUT2D eigenvalue weighted by molar-refractivity contribution is -0.139. The Balaban J connectivity index is 2.77. The third-order valence-electron chi connectivity index (χ3n) is 2.18. The fraction of sp³-hybridized carbons (Fsp3) is 0.250. The summed E-state index contributed by atoms with van der Waals surface area (Å²) in [5.74, 6) is -1.96. The lowest BCUT2D eigenvalue weighted by Crippen LogP contribution is -2.37. The number of hydrazone groups is 1. The Kier molecular flexibility index (Phi) is 5.24. The first-order valence-corrected chi connectivity index (χ1v) is 5.63. The molecule has 0 aliphatic heterocycles. The molecule has 0 saturated heterocycles. The summed E-state index contributed by atoms with van der Waals surface area (Å²) >= 11 is 0. The molecule has 0 aliphatic carbocycles. The second-order valence-corrected chi connectivity index (χ2v) is 3.64. The van der Waals surface area contributed by atoms with Crippen LogP contribution in [0.25, 0.3) is 0 Å². The van der Waals surface area contributed by atoms with E-state index in [9.17, 15) is 22.8 Å². The minimum absolute atomic E-state index is 0.212. The number of likely N-dealkylation sites (N-methyl/N-ethyl adjacent to an activating group) is 1. The van der Waals surface area contributed by atoms with Gasteiger partial charge in [-0.05, 0) is 13.0 Å². The number of hydrogen-bond donors (Lipinski definition) is 2. The highest BCUT2D eigenvalue weighted by atomic mass is 19.4. The minimum atomic E-state index is -4.52. The van der Waals surface area contributed by atoms with Crippen LogP contribution < -0.4 is 10.7 Å². The maximum Gasteiger partial charge on any atom is 0.417 e. The standard InChI is InChI=1S/C12H12F3N3O2/c1-2-16-10(19)11(20)18-17-7-8-5-3-4-6-9(8)12(13,14)15/h3-7H,2H2,1H3,(H,16,19)(H,18,20). The van der Waals surface area contributed by atoms with Crippen LogP contribution in [0.3, 0.4) is 0 Å².